The van der Waals surface area contributed by atoms with Crippen LogP contribution in [-0.2, 0) is 0 Å². The van der Waals surface area contributed by atoms with E-state index in [9.17, 15) is 10.1 Å². The van der Waals surface area contributed by atoms with Gasteiger partial charge in [0, 0.05) is 18.2 Å². The van der Waals surface area contributed by atoms with Crippen molar-refractivity contribution in [2.24, 2.45) is 10.2 Å². The van der Waals surface area contributed by atoms with Gasteiger partial charge in [-0.25, -0.2) is 0 Å². The second-order valence-electron chi connectivity index (χ2n) is 4.36. The summed E-state index contributed by atoms with van der Waals surface area (Å²) in [6.45, 7) is 1.84. The van der Waals surface area contributed by atoms with Crippen LogP contribution in [0.25, 0.3) is 0 Å². The van der Waals surface area contributed by atoms with Gasteiger partial charge in [-0.15, -0.1) is 0 Å². The molecular weight excluding hydrogens is 272 g/mol. The maximum Gasteiger partial charge on any atom is 0.271 e. The Bertz CT molecular complexity index is 713. The lowest BCUT2D eigenvalue weighted by Crippen LogP contribution is -1.92. The molecule has 0 amide bonds. The maximum atomic E-state index is 10.7. The summed E-state index contributed by atoms with van der Waals surface area (Å²) in [4.78, 5) is 10.2. The van der Waals surface area contributed by atoms with Crippen LogP contribution in [0.3, 0.4) is 0 Å². The van der Waals surface area contributed by atoms with E-state index >= 15 is 0 Å². The van der Waals surface area contributed by atoms with Gasteiger partial charge in [0.05, 0.1) is 29.1 Å². The summed E-state index contributed by atoms with van der Waals surface area (Å²) in [7, 11) is 1.52. The normalized spacial score (nSPS) is 10.8. The summed E-state index contributed by atoms with van der Waals surface area (Å²) in [5.74, 6) is 0.508. The number of non-ortho nitro benzene ring substituents is 1. The molecule has 0 radical (unpaired) electrons. The molecule has 0 aliphatic carbocycles. The fourth-order valence-electron chi connectivity index (χ4n) is 1.76. The first-order valence-electron chi connectivity index (χ1n) is 6.11. The van der Waals surface area contributed by atoms with Crippen molar-refractivity contribution in [2.45, 2.75) is 6.92 Å². The molecule has 108 valence electrons. The van der Waals surface area contributed by atoms with E-state index in [0.29, 0.717) is 22.8 Å². The Labute approximate surface area is 121 Å². The molecule has 2 aromatic carbocycles. The van der Waals surface area contributed by atoms with Gasteiger partial charge in [-0.05, 0) is 24.6 Å². The largest absolute Gasteiger partial charge is 0.495 e. The number of azo groups is 1. The third kappa shape index (κ3) is 3.33. The zero-order chi connectivity index (χ0) is 15.4. The summed E-state index contributed by atoms with van der Waals surface area (Å²) >= 11 is 0. The SMILES string of the molecule is COc1cc(N=Nc2cccc([N+](=O)[O-])c2)c(C)cc1N. The number of ether oxygens (including phenoxy) is 1. The molecule has 0 heterocycles. The third-order valence-electron chi connectivity index (χ3n) is 2.86. The predicted molar refractivity (Wildman–Crippen MR) is 79.4 cm³/mol. The van der Waals surface area contributed by atoms with Gasteiger partial charge in [-0.3, -0.25) is 10.1 Å². The van der Waals surface area contributed by atoms with Crippen LogP contribution in [0, 0.1) is 17.0 Å². The summed E-state index contributed by atoms with van der Waals surface area (Å²) in [6, 6.07) is 9.36. The number of anilines is 1. The standard InChI is InChI=1S/C14H14N4O3/c1-9-6-12(15)14(21-2)8-13(9)17-16-10-4-3-5-11(7-10)18(19)20/h3-8H,15H2,1-2H3. The molecule has 7 heteroatoms. The highest BCUT2D eigenvalue weighted by molar-refractivity contribution is 5.63. The predicted octanol–water partition coefficient (Wildman–Crippen LogP) is 3.91. The van der Waals surface area contributed by atoms with Gasteiger partial charge in [-0.1, -0.05) is 6.07 Å². The first kappa shape index (κ1) is 14.4. The molecule has 0 saturated carbocycles. The van der Waals surface area contributed by atoms with Crippen molar-refractivity contribution in [3.8, 4) is 5.75 Å². The molecule has 0 saturated heterocycles. The highest BCUT2D eigenvalue weighted by atomic mass is 16.6. The topological polar surface area (TPSA) is 103 Å². The maximum absolute atomic E-state index is 10.7. The molecule has 2 aromatic rings. The van der Waals surface area contributed by atoms with Crippen molar-refractivity contribution >= 4 is 22.7 Å². The van der Waals surface area contributed by atoms with Crippen molar-refractivity contribution < 1.29 is 9.66 Å². The average molecular weight is 286 g/mol. The number of nitrogen functional groups attached to an aromatic ring is 1. The van der Waals surface area contributed by atoms with Crippen LogP contribution >= 0.6 is 0 Å². The van der Waals surface area contributed by atoms with Gasteiger partial charge in [0.15, 0.2) is 0 Å². The van der Waals surface area contributed by atoms with Crippen molar-refractivity contribution in [3.05, 3.63) is 52.1 Å². The molecular formula is C14H14N4O3. The van der Waals surface area contributed by atoms with Crippen LogP contribution in [0.2, 0.25) is 0 Å². The first-order chi connectivity index (χ1) is 10.0. The highest BCUT2D eigenvalue weighted by Gasteiger charge is 2.07. The number of benzene rings is 2. The minimum Gasteiger partial charge on any atom is -0.495 e. The molecule has 0 aliphatic rings. The summed E-state index contributed by atoms with van der Waals surface area (Å²) < 4.78 is 5.13. The Balaban J connectivity index is 2.33. The van der Waals surface area contributed by atoms with E-state index in [4.69, 9.17) is 10.5 Å². The number of nitro groups is 1. The van der Waals surface area contributed by atoms with E-state index < -0.39 is 4.92 Å². The van der Waals surface area contributed by atoms with E-state index in [2.05, 4.69) is 10.2 Å². The van der Waals surface area contributed by atoms with Crippen LogP contribution in [0.15, 0.2) is 46.6 Å². The Morgan fingerprint density at radius 1 is 1.24 bits per heavy atom. The van der Waals surface area contributed by atoms with E-state index in [1.165, 1.54) is 19.2 Å². The lowest BCUT2D eigenvalue weighted by molar-refractivity contribution is -0.384. The average Bonchev–Trinajstić information content (AvgIpc) is 2.46. The number of nitro benzene ring substituents is 1. The zero-order valence-corrected chi connectivity index (χ0v) is 11.6. The minimum atomic E-state index is -0.476. The molecule has 7 nitrogen and oxygen atoms in total. The van der Waals surface area contributed by atoms with E-state index in [1.54, 1.807) is 24.3 Å². The molecule has 0 aliphatic heterocycles. The third-order valence-corrected chi connectivity index (χ3v) is 2.86. The van der Waals surface area contributed by atoms with Crippen molar-refractivity contribution in [3.63, 3.8) is 0 Å². The molecule has 0 atom stereocenters. The number of hydrogen-bond acceptors (Lipinski definition) is 6. The fraction of sp³-hybridized carbons (Fsp3) is 0.143. The molecule has 0 spiro atoms. The number of methoxy groups -OCH3 is 1. The monoisotopic (exact) mass is 286 g/mol. The van der Waals surface area contributed by atoms with Crippen LogP contribution < -0.4 is 10.5 Å². The lowest BCUT2D eigenvalue weighted by atomic mass is 10.1. The Kier molecular flexibility index (Phi) is 4.13. The Morgan fingerprint density at radius 2 is 2.00 bits per heavy atom. The van der Waals surface area contributed by atoms with Crippen molar-refractivity contribution in [2.75, 3.05) is 12.8 Å². The first-order valence-corrected chi connectivity index (χ1v) is 6.11. The van der Waals surface area contributed by atoms with E-state index in [-0.39, 0.29) is 5.69 Å². The summed E-state index contributed by atoms with van der Waals surface area (Å²) in [5, 5.41) is 18.8. The van der Waals surface area contributed by atoms with Gasteiger partial charge in [0.25, 0.3) is 5.69 Å². The van der Waals surface area contributed by atoms with E-state index in [1.807, 2.05) is 6.92 Å². The number of rotatable bonds is 4. The van der Waals surface area contributed by atoms with Crippen LogP contribution in [0.5, 0.6) is 5.75 Å². The van der Waals surface area contributed by atoms with Crippen molar-refractivity contribution in [1.29, 1.82) is 0 Å². The quantitative estimate of drug-likeness (QED) is 0.398. The second-order valence-corrected chi connectivity index (χ2v) is 4.36. The Hall–Kier alpha value is -2.96. The molecule has 0 fully saturated rings. The number of nitrogens with two attached hydrogens (primary N) is 1. The van der Waals surface area contributed by atoms with Gasteiger partial charge >= 0.3 is 0 Å². The Morgan fingerprint density at radius 3 is 2.67 bits per heavy atom. The molecule has 0 aromatic heterocycles. The lowest BCUT2D eigenvalue weighted by Gasteiger charge is -2.07. The number of nitrogens with zero attached hydrogens (tertiary/aromatic N) is 3. The van der Waals surface area contributed by atoms with Crippen LogP contribution in [-0.4, -0.2) is 12.0 Å². The minimum absolute atomic E-state index is 0.0296. The fourth-order valence-corrected chi connectivity index (χ4v) is 1.76. The zero-order valence-electron chi connectivity index (χ0n) is 11.6. The van der Waals surface area contributed by atoms with Gasteiger partial charge in [0.2, 0.25) is 0 Å². The summed E-state index contributed by atoms with van der Waals surface area (Å²) in [5.41, 5.74) is 8.11. The second kappa shape index (κ2) is 6.00. The van der Waals surface area contributed by atoms with Crippen LogP contribution in [0.1, 0.15) is 5.56 Å². The smallest absolute Gasteiger partial charge is 0.271 e. The summed E-state index contributed by atoms with van der Waals surface area (Å²) in [6.07, 6.45) is 0. The van der Waals surface area contributed by atoms with Crippen molar-refractivity contribution in [1.82, 2.24) is 0 Å². The van der Waals surface area contributed by atoms with Gasteiger partial charge < -0.3 is 10.5 Å². The molecule has 2 N–H and O–H groups in total. The van der Waals surface area contributed by atoms with E-state index in [0.717, 1.165) is 5.56 Å². The van der Waals surface area contributed by atoms with Gasteiger partial charge in [0.1, 0.15) is 5.75 Å². The number of hydrogen-bond donors (Lipinski definition) is 1. The van der Waals surface area contributed by atoms with Crippen LogP contribution in [0.4, 0.5) is 22.7 Å². The molecule has 2 rings (SSSR count). The molecule has 0 bridgehead atoms. The molecule has 0 unspecified atom stereocenters. The molecule has 21 heavy (non-hydrogen) atoms. The van der Waals surface area contributed by atoms with Gasteiger partial charge in [-0.2, -0.15) is 10.2 Å². The highest BCUT2D eigenvalue weighted by Crippen LogP contribution is 2.32. The number of aryl methyl sites for hydroxylation is 1.